The molecule has 0 spiro atoms. The maximum atomic E-state index is 9.31. The van der Waals surface area contributed by atoms with Crippen LogP contribution in [-0.4, -0.2) is 23.4 Å². The zero-order valence-corrected chi connectivity index (χ0v) is 7.42. The van der Waals surface area contributed by atoms with Crippen molar-refractivity contribution in [3.8, 4) is 0 Å². The minimum Gasteiger partial charge on any atom is -0.393 e. The molecule has 0 heterocycles. The molecule has 2 atom stereocenters. The molecule has 2 heteroatoms. The van der Waals surface area contributed by atoms with Crippen LogP contribution in [0.25, 0.3) is 0 Å². The van der Waals surface area contributed by atoms with Gasteiger partial charge < -0.3 is 9.84 Å². The van der Waals surface area contributed by atoms with Gasteiger partial charge in [0.05, 0.1) is 18.3 Å². The molecule has 1 aliphatic rings. The highest BCUT2D eigenvalue weighted by Crippen LogP contribution is 2.21. The smallest absolute Gasteiger partial charge is 0.0603 e. The van der Waals surface area contributed by atoms with Gasteiger partial charge in [0.15, 0.2) is 0 Å². The number of aliphatic hydroxyl groups excluding tert-OH is 1. The summed E-state index contributed by atoms with van der Waals surface area (Å²) in [5.74, 6) is 0. The van der Waals surface area contributed by atoms with Crippen LogP contribution >= 0.6 is 0 Å². The van der Waals surface area contributed by atoms with Crippen molar-refractivity contribution in [3.63, 3.8) is 0 Å². The van der Waals surface area contributed by atoms with Gasteiger partial charge in [-0.05, 0) is 39.5 Å². The van der Waals surface area contributed by atoms with Crippen molar-refractivity contribution in [1.82, 2.24) is 0 Å². The Bertz CT molecular complexity index is 110. The normalized spacial score (nSPS) is 32.7. The molecule has 1 N–H and O–H groups in total. The van der Waals surface area contributed by atoms with Gasteiger partial charge in [0.1, 0.15) is 0 Å². The largest absolute Gasteiger partial charge is 0.393 e. The highest BCUT2D eigenvalue weighted by Gasteiger charge is 2.20. The predicted octanol–water partition coefficient (Wildman–Crippen LogP) is 1.71. The van der Waals surface area contributed by atoms with Crippen LogP contribution in [0, 0.1) is 0 Å². The van der Waals surface area contributed by atoms with E-state index in [-0.39, 0.29) is 6.10 Å². The molecule has 0 aromatic carbocycles. The molecule has 0 bridgehead atoms. The third-order valence-corrected chi connectivity index (χ3v) is 2.06. The van der Waals surface area contributed by atoms with Crippen LogP contribution in [0.3, 0.4) is 0 Å². The first-order valence-electron chi connectivity index (χ1n) is 4.52. The topological polar surface area (TPSA) is 29.5 Å². The Hall–Kier alpha value is -0.0800. The maximum absolute atomic E-state index is 9.31. The van der Waals surface area contributed by atoms with E-state index in [9.17, 15) is 5.11 Å². The molecule has 1 saturated carbocycles. The zero-order chi connectivity index (χ0) is 8.27. The van der Waals surface area contributed by atoms with E-state index in [4.69, 9.17) is 4.74 Å². The molecule has 0 unspecified atom stereocenters. The highest BCUT2D eigenvalue weighted by molar-refractivity contribution is 4.72. The second-order valence-corrected chi connectivity index (χ2v) is 3.63. The summed E-state index contributed by atoms with van der Waals surface area (Å²) in [6.45, 7) is 4.09. The minimum atomic E-state index is -0.118. The fourth-order valence-corrected chi connectivity index (χ4v) is 1.63. The molecule has 1 aliphatic carbocycles. The van der Waals surface area contributed by atoms with E-state index in [0.29, 0.717) is 12.2 Å². The van der Waals surface area contributed by atoms with Crippen LogP contribution < -0.4 is 0 Å². The van der Waals surface area contributed by atoms with Crippen LogP contribution in [0.5, 0.6) is 0 Å². The monoisotopic (exact) mass is 158 g/mol. The third kappa shape index (κ3) is 3.21. The van der Waals surface area contributed by atoms with Gasteiger partial charge in [-0.25, -0.2) is 0 Å². The zero-order valence-electron chi connectivity index (χ0n) is 7.42. The first-order chi connectivity index (χ1) is 5.18. The van der Waals surface area contributed by atoms with Crippen molar-refractivity contribution in [3.05, 3.63) is 0 Å². The average Bonchev–Trinajstić information content (AvgIpc) is 1.85. The van der Waals surface area contributed by atoms with Crippen LogP contribution in [0.2, 0.25) is 0 Å². The molecular formula is C9H18O2. The number of hydrogen-bond acceptors (Lipinski definition) is 2. The van der Waals surface area contributed by atoms with E-state index in [2.05, 4.69) is 0 Å². The van der Waals surface area contributed by atoms with Gasteiger partial charge in [0, 0.05) is 0 Å². The summed E-state index contributed by atoms with van der Waals surface area (Å²) >= 11 is 0. The molecular weight excluding hydrogens is 140 g/mol. The lowest BCUT2D eigenvalue weighted by atomic mass is 9.95. The number of hydrogen-bond donors (Lipinski definition) is 1. The van der Waals surface area contributed by atoms with Crippen molar-refractivity contribution in [2.75, 3.05) is 0 Å². The third-order valence-electron chi connectivity index (χ3n) is 2.06. The minimum absolute atomic E-state index is 0.118. The Morgan fingerprint density at radius 2 is 2.09 bits per heavy atom. The van der Waals surface area contributed by atoms with E-state index in [1.165, 1.54) is 0 Å². The summed E-state index contributed by atoms with van der Waals surface area (Å²) < 4.78 is 5.60. The maximum Gasteiger partial charge on any atom is 0.0603 e. The van der Waals surface area contributed by atoms with Crippen molar-refractivity contribution in [2.24, 2.45) is 0 Å². The van der Waals surface area contributed by atoms with Gasteiger partial charge in [-0.3, -0.25) is 0 Å². The molecule has 66 valence electrons. The molecule has 0 amide bonds. The standard InChI is InChI=1S/C9H18O2/c1-7(2)11-9-5-3-4-8(10)6-9/h7-10H,3-6H2,1-2H3/t8-,9+/m1/s1. The van der Waals surface area contributed by atoms with Gasteiger partial charge in [0.25, 0.3) is 0 Å². The number of ether oxygens (including phenoxy) is 1. The van der Waals surface area contributed by atoms with Crippen LogP contribution in [0.1, 0.15) is 39.5 Å². The van der Waals surface area contributed by atoms with E-state index in [0.717, 1.165) is 25.7 Å². The fourth-order valence-electron chi connectivity index (χ4n) is 1.63. The van der Waals surface area contributed by atoms with Crippen LogP contribution in [-0.2, 0) is 4.74 Å². The Balaban J connectivity index is 2.23. The Morgan fingerprint density at radius 1 is 1.36 bits per heavy atom. The summed E-state index contributed by atoms with van der Waals surface area (Å²) in [5.41, 5.74) is 0. The number of aliphatic hydroxyl groups is 1. The van der Waals surface area contributed by atoms with Crippen molar-refractivity contribution in [2.45, 2.75) is 57.8 Å². The molecule has 1 fully saturated rings. The van der Waals surface area contributed by atoms with Crippen molar-refractivity contribution in [1.29, 1.82) is 0 Å². The fraction of sp³-hybridized carbons (Fsp3) is 1.00. The summed E-state index contributed by atoms with van der Waals surface area (Å²) in [4.78, 5) is 0. The first kappa shape index (κ1) is 9.01. The molecule has 2 nitrogen and oxygen atoms in total. The van der Waals surface area contributed by atoms with Gasteiger partial charge in [-0.1, -0.05) is 0 Å². The molecule has 11 heavy (non-hydrogen) atoms. The molecule has 1 rings (SSSR count). The molecule has 0 saturated heterocycles. The van der Waals surface area contributed by atoms with Gasteiger partial charge in [-0.15, -0.1) is 0 Å². The number of rotatable bonds is 2. The summed E-state index contributed by atoms with van der Waals surface area (Å²) in [5, 5.41) is 9.31. The average molecular weight is 158 g/mol. The molecule has 0 radical (unpaired) electrons. The lowest BCUT2D eigenvalue weighted by Gasteiger charge is -2.27. The lowest BCUT2D eigenvalue weighted by molar-refractivity contribution is -0.0429. The Kier molecular flexibility index (Phi) is 3.34. The summed E-state index contributed by atoms with van der Waals surface area (Å²) in [6.07, 6.45) is 4.50. The van der Waals surface area contributed by atoms with Gasteiger partial charge in [-0.2, -0.15) is 0 Å². The van der Waals surface area contributed by atoms with E-state index >= 15 is 0 Å². The molecule has 0 aromatic rings. The lowest BCUT2D eigenvalue weighted by Crippen LogP contribution is -2.28. The highest BCUT2D eigenvalue weighted by atomic mass is 16.5. The van der Waals surface area contributed by atoms with Gasteiger partial charge >= 0.3 is 0 Å². The Morgan fingerprint density at radius 3 is 2.64 bits per heavy atom. The summed E-state index contributed by atoms with van der Waals surface area (Å²) in [7, 11) is 0. The Labute approximate surface area is 68.6 Å². The van der Waals surface area contributed by atoms with Crippen LogP contribution in [0.4, 0.5) is 0 Å². The quantitative estimate of drug-likeness (QED) is 0.663. The van der Waals surface area contributed by atoms with Crippen LogP contribution in [0.15, 0.2) is 0 Å². The van der Waals surface area contributed by atoms with Gasteiger partial charge in [0.2, 0.25) is 0 Å². The van der Waals surface area contributed by atoms with E-state index in [1.54, 1.807) is 0 Å². The SMILES string of the molecule is CC(C)O[C@H]1CCC[C@@H](O)C1. The predicted molar refractivity (Wildman–Crippen MR) is 44.5 cm³/mol. The molecule has 0 aromatic heterocycles. The van der Waals surface area contributed by atoms with Crippen molar-refractivity contribution < 1.29 is 9.84 Å². The second-order valence-electron chi connectivity index (χ2n) is 3.63. The first-order valence-corrected chi connectivity index (χ1v) is 4.52. The van der Waals surface area contributed by atoms with E-state index in [1.807, 2.05) is 13.8 Å². The van der Waals surface area contributed by atoms with Crippen molar-refractivity contribution >= 4 is 0 Å². The van der Waals surface area contributed by atoms with E-state index < -0.39 is 0 Å². The summed E-state index contributed by atoms with van der Waals surface area (Å²) in [6, 6.07) is 0. The second kappa shape index (κ2) is 4.07. The molecule has 0 aliphatic heterocycles.